The van der Waals surface area contributed by atoms with Gasteiger partial charge in [-0.15, -0.1) is 0 Å². The quantitative estimate of drug-likeness (QED) is 0.499. The van der Waals surface area contributed by atoms with Crippen LogP contribution in [0.4, 0.5) is 17.6 Å². The van der Waals surface area contributed by atoms with E-state index in [4.69, 9.17) is 0 Å². The van der Waals surface area contributed by atoms with E-state index in [9.17, 15) is 17.6 Å². The first-order valence-electron chi connectivity index (χ1n) is 4.34. The van der Waals surface area contributed by atoms with Gasteiger partial charge in [-0.3, -0.25) is 4.90 Å². The van der Waals surface area contributed by atoms with Gasteiger partial charge < -0.3 is 4.74 Å². The van der Waals surface area contributed by atoms with Crippen molar-refractivity contribution >= 4 is 0 Å². The number of hydrogen-bond donors (Lipinski definition) is 0. The number of alkyl halides is 4. The van der Waals surface area contributed by atoms with E-state index in [-0.39, 0.29) is 13.1 Å². The molecule has 2 nitrogen and oxygen atoms in total. The molecule has 0 aromatic rings. The fourth-order valence-electron chi connectivity index (χ4n) is 1.21. The van der Waals surface area contributed by atoms with E-state index >= 15 is 0 Å². The Morgan fingerprint density at radius 3 is 1.86 bits per heavy atom. The lowest BCUT2D eigenvalue weighted by Crippen LogP contribution is -2.52. The highest BCUT2D eigenvalue weighted by Gasteiger charge is 2.51. The average molecular weight is 217 g/mol. The first kappa shape index (κ1) is 13.6. The second-order valence-corrected chi connectivity index (χ2v) is 2.78. The van der Waals surface area contributed by atoms with Crippen LogP contribution in [0.2, 0.25) is 0 Å². The topological polar surface area (TPSA) is 12.5 Å². The number of rotatable bonds is 6. The van der Waals surface area contributed by atoms with Gasteiger partial charge in [0.25, 0.3) is 0 Å². The lowest BCUT2D eigenvalue weighted by atomic mass is 10.2. The summed E-state index contributed by atoms with van der Waals surface area (Å²) < 4.78 is 54.3. The van der Waals surface area contributed by atoms with Crippen LogP contribution in [0, 0.1) is 0 Å². The van der Waals surface area contributed by atoms with Crippen molar-refractivity contribution in [3.05, 3.63) is 0 Å². The Balaban J connectivity index is 4.68. The molecule has 0 amide bonds. The molecule has 0 spiro atoms. The van der Waals surface area contributed by atoms with Gasteiger partial charge in [0.1, 0.15) is 0 Å². The highest BCUT2D eigenvalue weighted by molar-refractivity contribution is 4.80. The van der Waals surface area contributed by atoms with Crippen LogP contribution in [0.1, 0.15) is 13.8 Å². The number of methoxy groups -OCH3 is 1. The molecule has 0 rings (SSSR count). The van der Waals surface area contributed by atoms with Crippen molar-refractivity contribution < 1.29 is 22.3 Å². The van der Waals surface area contributed by atoms with E-state index in [1.54, 1.807) is 13.8 Å². The zero-order chi connectivity index (χ0) is 11.4. The van der Waals surface area contributed by atoms with Crippen LogP contribution in [0.25, 0.3) is 0 Å². The first-order valence-corrected chi connectivity index (χ1v) is 4.34. The molecule has 86 valence electrons. The van der Waals surface area contributed by atoms with E-state index in [1.807, 2.05) is 0 Å². The lowest BCUT2D eigenvalue weighted by molar-refractivity contribution is -0.242. The Labute approximate surface area is 80.8 Å². The van der Waals surface area contributed by atoms with Crippen LogP contribution in [0.5, 0.6) is 0 Å². The van der Waals surface area contributed by atoms with Gasteiger partial charge in [0.2, 0.25) is 0 Å². The van der Waals surface area contributed by atoms with Crippen LogP contribution in [-0.4, -0.2) is 43.7 Å². The third-order valence-electron chi connectivity index (χ3n) is 1.99. The molecule has 0 aliphatic rings. The molecular formula is C8H15F4NO. The minimum Gasteiger partial charge on any atom is -0.360 e. The standard InChI is InChI=1S/C8H15F4NO/c1-4-13(5-2)7(14-3)8(11,12)6(9)10/h6-7H,4-5H2,1-3H3. The van der Waals surface area contributed by atoms with Crippen LogP contribution >= 0.6 is 0 Å². The summed E-state index contributed by atoms with van der Waals surface area (Å²) in [5.41, 5.74) is 0. The van der Waals surface area contributed by atoms with Crippen molar-refractivity contribution in [3.63, 3.8) is 0 Å². The molecule has 0 saturated carbocycles. The molecule has 0 radical (unpaired) electrons. The van der Waals surface area contributed by atoms with Gasteiger partial charge >= 0.3 is 12.3 Å². The molecule has 0 N–H and O–H groups in total. The van der Waals surface area contributed by atoms with E-state index < -0.39 is 18.6 Å². The van der Waals surface area contributed by atoms with E-state index in [2.05, 4.69) is 4.74 Å². The minimum absolute atomic E-state index is 0.233. The zero-order valence-electron chi connectivity index (χ0n) is 8.44. The monoisotopic (exact) mass is 217 g/mol. The normalized spacial score (nSPS) is 15.2. The number of hydrogen-bond acceptors (Lipinski definition) is 2. The lowest BCUT2D eigenvalue weighted by Gasteiger charge is -2.33. The largest absolute Gasteiger partial charge is 0.360 e. The van der Waals surface area contributed by atoms with Crippen molar-refractivity contribution in [3.8, 4) is 0 Å². The summed E-state index contributed by atoms with van der Waals surface area (Å²) in [7, 11) is 0.999. The van der Waals surface area contributed by atoms with Gasteiger partial charge in [0.15, 0.2) is 6.23 Å². The van der Waals surface area contributed by atoms with Crippen molar-refractivity contribution in [1.29, 1.82) is 0 Å². The fraction of sp³-hybridized carbons (Fsp3) is 1.00. The molecule has 0 bridgehead atoms. The molecule has 0 aromatic carbocycles. The van der Waals surface area contributed by atoms with Crippen molar-refractivity contribution in [2.75, 3.05) is 20.2 Å². The molecule has 0 heterocycles. The van der Waals surface area contributed by atoms with Gasteiger partial charge in [-0.25, -0.2) is 8.78 Å². The summed E-state index contributed by atoms with van der Waals surface area (Å²) in [6, 6.07) is 0. The Kier molecular flexibility index (Phi) is 5.36. The van der Waals surface area contributed by atoms with E-state index in [1.165, 1.54) is 0 Å². The van der Waals surface area contributed by atoms with E-state index in [0.717, 1.165) is 12.0 Å². The van der Waals surface area contributed by atoms with Crippen LogP contribution in [0.15, 0.2) is 0 Å². The number of ether oxygens (including phenoxy) is 1. The second-order valence-electron chi connectivity index (χ2n) is 2.78. The summed E-state index contributed by atoms with van der Waals surface area (Å²) in [6.07, 6.45) is -5.58. The molecule has 14 heavy (non-hydrogen) atoms. The number of halogens is 4. The van der Waals surface area contributed by atoms with Gasteiger partial charge in [-0.2, -0.15) is 8.78 Å². The van der Waals surface area contributed by atoms with Crippen LogP contribution in [0.3, 0.4) is 0 Å². The smallest absolute Gasteiger partial charge is 0.346 e. The van der Waals surface area contributed by atoms with Crippen molar-refractivity contribution in [2.45, 2.75) is 32.4 Å². The highest BCUT2D eigenvalue weighted by Crippen LogP contribution is 2.30. The molecule has 0 fully saturated rings. The zero-order valence-corrected chi connectivity index (χ0v) is 8.44. The Morgan fingerprint density at radius 2 is 1.64 bits per heavy atom. The molecule has 0 aliphatic heterocycles. The van der Waals surface area contributed by atoms with E-state index in [0.29, 0.717) is 0 Å². The average Bonchev–Trinajstić information content (AvgIpc) is 2.13. The molecule has 6 heteroatoms. The van der Waals surface area contributed by atoms with Gasteiger partial charge in [0, 0.05) is 7.11 Å². The predicted molar refractivity (Wildman–Crippen MR) is 44.7 cm³/mol. The van der Waals surface area contributed by atoms with Crippen molar-refractivity contribution in [2.24, 2.45) is 0 Å². The highest BCUT2D eigenvalue weighted by atomic mass is 19.3. The summed E-state index contributed by atoms with van der Waals surface area (Å²) in [6.45, 7) is 3.68. The van der Waals surface area contributed by atoms with Gasteiger partial charge in [0.05, 0.1) is 0 Å². The van der Waals surface area contributed by atoms with Crippen LogP contribution < -0.4 is 0 Å². The minimum atomic E-state index is -4.14. The second kappa shape index (κ2) is 5.50. The summed E-state index contributed by atoms with van der Waals surface area (Å²) in [5, 5.41) is 0. The number of nitrogens with zero attached hydrogens (tertiary/aromatic N) is 1. The maximum Gasteiger partial charge on any atom is 0.346 e. The maximum atomic E-state index is 12.9. The maximum absolute atomic E-state index is 12.9. The third kappa shape index (κ3) is 2.81. The third-order valence-corrected chi connectivity index (χ3v) is 1.99. The SMILES string of the molecule is CCN(CC)C(OC)C(F)(F)C(F)F. The first-order chi connectivity index (χ1) is 6.41. The molecule has 1 unspecified atom stereocenters. The summed E-state index contributed by atoms with van der Waals surface area (Å²) in [4.78, 5) is 1.14. The summed E-state index contributed by atoms with van der Waals surface area (Å²) in [5.74, 6) is -4.14. The summed E-state index contributed by atoms with van der Waals surface area (Å²) >= 11 is 0. The Bertz CT molecular complexity index is 161. The molecule has 0 saturated heterocycles. The molecule has 0 aromatic heterocycles. The Hall–Kier alpha value is -0.360. The van der Waals surface area contributed by atoms with Crippen molar-refractivity contribution in [1.82, 2.24) is 4.90 Å². The Morgan fingerprint density at radius 1 is 1.21 bits per heavy atom. The molecular weight excluding hydrogens is 202 g/mol. The molecule has 1 atom stereocenters. The van der Waals surface area contributed by atoms with Gasteiger partial charge in [-0.05, 0) is 13.1 Å². The predicted octanol–water partition coefficient (Wildman–Crippen LogP) is 2.20. The molecule has 0 aliphatic carbocycles. The fourth-order valence-corrected chi connectivity index (χ4v) is 1.21. The van der Waals surface area contributed by atoms with Crippen LogP contribution in [-0.2, 0) is 4.74 Å². The van der Waals surface area contributed by atoms with Gasteiger partial charge in [-0.1, -0.05) is 13.8 Å².